The number of methoxy groups -OCH3 is 1. The summed E-state index contributed by atoms with van der Waals surface area (Å²) < 4.78 is 5.28. The Labute approximate surface area is 176 Å². The van der Waals surface area contributed by atoms with Crippen molar-refractivity contribution in [3.05, 3.63) is 57.8 Å². The maximum Gasteiger partial charge on any atom is 0.254 e. The summed E-state index contributed by atoms with van der Waals surface area (Å²) in [5.41, 5.74) is 1.49. The fourth-order valence-electron chi connectivity index (χ4n) is 4.50. The lowest BCUT2D eigenvalue weighted by molar-refractivity contribution is -0.136. The Hall–Kier alpha value is -2.18. The summed E-state index contributed by atoms with van der Waals surface area (Å²) in [4.78, 5) is 32.1. The molecule has 5 nitrogen and oxygen atoms in total. The van der Waals surface area contributed by atoms with E-state index in [1.54, 1.807) is 18.4 Å². The lowest BCUT2D eigenvalue weighted by Crippen LogP contribution is -2.50. The van der Waals surface area contributed by atoms with E-state index in [-0.39, 0.29) is 23.8 Å². The Morgan fingerprint density at radius 1 is 1.17 bits per heavy atom. The summed E-state index contributed by atoms with van der Waals surface area (Å²) in [5.74, 6) is 0.392. The predicted molar refractivity (Wildman–Crippen MR) is 114 cm³/mol. The van der Waals surface area contributed by atoms with Crippen molar-refractivity contribution in [2.24, 2.45) is 5.92 Å². The van der Waals surface area contributed by atoms with E-state index in [2.05, 4.69) is 6.92 Å². The van der Waals surface area contributed by atoms with Gasteiger partial charge in [0.05, 0.1) is 18.6 Å². The summed E-state index contributed by atoms with van der Waals surface area (Å²) in [7, 11) is 1.64. The molecule has 2 amide bonds. The molecule has 0 bridgehead atoms. The molecule has 2 unspecified atom stereocenters. The van der Waals surface area contributed by atoms with Gasteiger partial charge in [0.25, 0.3) is 5.91 Å². The van der Waals surface area contributed by atoms with Gasteiger partial charge in [0, 0.05) is 37.2 Å². The van der Waals surface area contributed by atoms with Crippen molar-refractivity contribution in [2.45, 2.75) is 31.7 Å². The highest BCUT2D eigenvalue weighted by atomic mass is 32.1. The van der Waals surface area contributed by atoms with Crippen molar-refractivity contribution >= 4 is 23.2 Å². The largest absolute Gasteiger partial charge is 0.383 e. The molecule has 2 aromatic rings. The molecule has 2 aliphatic heterocycles. The number of fused-ring (bicyclic) bond motifs is 1. The van der Waals surface area contributed by atoms with Gasteiger partial charge in [-0.05, 0) is 41.8 Å². The summed E-state index contributed by atoms with van der Waals surface area (Å²) in [6.45, 7) is 4.74. The second-order valence-electron chi connectivity index (χ2n) is 8.02. The van der Waals surface area contributed by atoms with Crippen LogP contribution in [0.2, 0.25) is 0 Å². The first-order chi connectivity index (χ1) is 14.1. The van der Waals surface area contributed by atoms with Crippen LogP contribution in [0.3, 0.4) is 0 Å². The molecule has 154 valence electrons. The van der Waals surface area contributed by atoms with Crippen LogP contribution in [0.4, 0.5) is 0 Å². The molecule has 3 heterocycles. The van der Waals surface area contributed by atoms with Gasteiger partial charge in [-0.1, -0.05) is 31.2 Å². The van der Waals surface area contributed by atoms with Crippen molar-refractivity contribution in [1.82, 2.24) is 9.80 Å². The van der Waals surface area contributed by atoms with E-state index in [1.165, 1.54) is 0 Å². The summed E-state index contributed by atoms with van der Waals surface area (Å²) in [6.07, 6.45) is 2.08. The molecular weight excluding hydrogens is 384 g/mol. The average molecular weight is 413 g/mol. The Bertz CT molecular complexity index is 859. The zero-order chi connectivity index (χ0) is 20.4. The van der Waals surface area contributed by atoms with Crippen LogP contribution in [0.25, 0.3) is 0 Å². The molecule has 4 rings (SSSR count). The van der Waals surface area contributed by atoms with E-state index in [4.69, 9.17) is 4.74 Å². The van der Waals surface area contributed by atoms with Gasteiger partial charge in [-0.2, -0.15) is 0 Å². The minimum Gasteiger partial charge on any atom is -0.383 e. The highest BCUT2D eigenvalue weighted by molar-refractivity contribution is 7.10. The number of benzene rings is 1. The van der Waals surface area contributed by atoms with Gasteiger partial charge in [0.15, 0.2) is 0 Å². The summed E-state index contributed by atoms with van der Waals surface area (Å²) >= 11 is 1.61. The predicted octanol–water partition coefficient (Wildman–Crippen LogP) is 3.93. The average Bonchev–Trinajstić information content (AvgIpc) is 3.27. The highest BCUT2D eigenvalue weighted by Crippen LogP contribution is 2.45. The summed E-state index contributed by atoms with van der Waals surface area (Å²) in [6, 6.07) is 11.3. The summed E-state index contributed by atoms with van der Waals surface area (Å²) in [5, 5.41) is 2.01. The van der Waals surface area contributed by atoms with Crippen molar-refractivity contribution in [1.29, 1.82) is 0 Å². The molecule has 0 spiro atoms. The minimum absolute atomic E-state index is 0.0210. The number of likely N-dealkylation sites (tertiary alicyclic amines) is 1. The van der Waals surface area contributed by atoms with Gasteiger partial charge in [0.1, 0.15) is 0 Å². The molecule has 0 aliphatic carbocycles. The van der Waals surface area contributed by atoms with E-state index in [9.17, 15) is 9.59 Å². The van der Waals surface area contributed by atoms with Gasteiger partial charge in [-0.3, -0.25) is 9.59 Å². The van der Waals surface area contributed by atoms with Gasteiger partial charge < -0.3 is 14.5 Å². The van der Waals surface area contributed by atoms with Gasteiger partial charge >= 0.3 is 0 Å². The third-order valence-electron chi connectivity index (χ3n) is 6.17. The van der Waals surface area contributed by atoms with Crippen LogP contribution in [0.15, 0.2) is 41.8 Å². The Morgan fingerprint density at radius 2 is 1.93 bits per heavy atom. The van der Waals surface area contributed by atoms with Crippen molar-refractivity contribution < 1.29 is 14.3 Å². The van der Waals surface area contributed by atoms with Crippen LogP contribution in [0.5, 0.6) is 0 Å². The molecule has 2 atom stereocenters. The number of piperidine rings is 1. The number of thiophene rings is 1. The van der Waals surface area contributed by atoms with E-state index >= 15 is 0 Å². The van der Waals surface area contributed by atoms with E-state index in [1.807, 2.05) is 51.6 Å². The number of nitrogens with zero attached hydrogens (tertiary/aromatic N) is 2. The second kappa shape index (κ2) is 8.67. The Morgan fingerprint density at radius 3 is 2.62 bits per heavy atom. The van der Waals surface area contributed by atoms with Gasteiger partial charge in [-0.15, -0.1) is 11.3 Å². The maximum absolute atomic E-state index is 13.8. The van der Waals surface area contributed by atoms with Crippen LogP contribution in [0.1, 0.15) is 52.5 Å². The lowest BCUT2D eigenvalue weighted by atomic mass is 9.80. The highest BCUT2D eigenvalue weighted by Gasteiger charge is 2.45. The number of amides is 2. The molecule has 6 heteroatoms. The molecule has 0 radical (unpaired) electrons. The zero-order valence-corrected chi connectivity index (χ0v) is 17.9. The molecule has 2 aliphatic rings. The van der Waals surface area contributed by atoms with Crippen LogP contribution in [-0.4, -0.2) is 55.0 Å². The third-order valence-corrected chi connectivity index (χ3v) is 7.11. The fourth-order valence-corrected chi connectivity index (χ4v) is 5.37. The number of ether oxygens (including phenoxy) is 1. The maximum atomic E-state index is 13.8. The first-order valence-electron chi connectivity index (χ1n) is 10.3. The van der Waals surface area contributed by atoms with Crippen molar-refractivity contribution in [2.75, 3.05) is 33.4 Å². The molecule has 0 saturated carbocycles. The zero-order valence-electron chi connectivity index (χ0n) is 17.0. The smallest absolute Gasteiger partial charge is 0.254 e. The quantitative estimate of drug-likeness (QED) is 0.748. The van der Waals surface area contributed by atoms with Crippen molar-refractivity contribution in [3.8, 4) is 0 Å². The second-order valence-corrected chi connectivity index (χ2v) is 9.00. The van der Waals surface area contributed by atoms with Gasteiger partial charge in [-0.25, -0.2) is 0 Å². The van der Waals surface area contributed by atoms with E-state index in [0.717, 1.165) is 36.4 Å². The van der Waals surface area contributed by atoms with E-state index < -0.39 is 0 Å². The number of hydrogen-bond donors (Lipinski definition) is 0. The first kappa shape index (κ1) is 20.1. The van der Waals surface area contributed by atoms with Crippen LogP contribution >= 0.6 is 11.3 Å². The third kappa shape index (κ3) is 3.83. The SMILES string of the molecule is COCCN1C(=O)c2ccccc2C(C(=O)N2CCC(C)CC2)C1c1cccs1. The van der Waals surface area contributed by atoms with Gasteiger partial charge in [0.2, 0.25) is 5.91 Å². The molecule has 1 fully saturated rings. The molecular formula is C23H28N2O3S. The van der Waals surface area contributed by atoms with E-state index in [0.29, 0.717) is 24.6 Å². The minimum atomic E-state index is -0.382. The van der Waals surface area contributed by atoms with Crippen molar-refractivity contribution in [3.63, 3.8) is 0 Å². The normalized spacial score (nSPS) is 22.6. The molecule has 1 aromatic heterocycles. The standard InChI is InChI=1S/C23H28N2O3S/c1-16-9-11-24(12-10-16)23(27)20-17-6-3-4-7-18(17)22(26)25(13-14-28-2)21(20)19-8-5-15-29-19/h3-8,15-16,20-21H,9-14H2,1-2H3. The topological polar surface area (TPSA) is 49.9 Å². The molecule has 1 saturated heterocycles. The first-order valence-corrected chi connectivity index (χ1v) is 11.2. The number of hydrogen-bond acceptors (Lipinski definition) is 4. The monoisotopic (exact) mass is 412 g/mol. The molecule has 1 aromatic carbocycles. The Kier molecular flexibility index (Phi) is 6.01. The molecule has 0 N–H and O–H groups in total. The number of carbonyl (C=O) groups excluding carboxylic acids is 2. The number of carbonyl (C=O) groups is 2. The Balaban J connectivity index is 1.78. The van der Waals surface area contributed by atoms with Crippen LogP contribution in [0, 0.1) is 5.92 Å². The lowest BCUT2D eigenvalue weighted by Gasteiger charge is -2.43. The van der Waals surface area contributed by atoms with Crippen LogP contribution in [-0.2, 0) is 9.53 Å². The number of rotatable bonds is 5. The molecule has 29 heavy (non-hydrogen) atoms. The fraction of sp³-hybridized carbons (Fsp3) is 0.478. The van der Waals surface area contributed by atoms with Crippen LogP contribution < -0.4 is 0 Å².